The molecule has 1 unspecified atom stereocenters. The zero-order valence-electron chi connectivity index (χ0n) is 9.61. The molecular weight excluding hydrogens is 224 g/mol. The molecule has 0 aliphatic heterocycles. The highest BCUT2D eigenvalue weighted by atomic mass is 19.2. The number of hydrogen-bond donors (Lipinski definition) is 1. The molecule has 2 aromatic rings. The summed E-state index contributed by atoms with van der Waals surface area (Å²) in [5.41, 5.74) is 0.252. The van der Waals surface area contributed by atoms with Crippen LogP contribution in [0.3, 0.4) is 0 Å². The fraction of sp³-hybridized carbons (Fsp3) is 0.250. The topological polar surface area (TPSA) is 29.9 Å². The minimum atomic E-state index is -0.850. The number of nitrogens with one attached hydrogen (secondary N) is 1. The first kappa shape index (κ1) is 11.7. The zero-order valence-corrected chi connectivity index (χ0v) is 9.61. The average Bonchev–Trinajstić information content (AvgIpc) is 2.72. The van der Waals surface area contributed by atoms with Crippen molar-refractivity contribution >= 4 is 0 Å². The molecule has 0 aliphatic rings. The maximum atomic E-state index is 13.7. The lowest BCUT2D eigenvalue weighted by Gasteiger charge is -2.17. The van der Waals surface area contributed by atoms with Gasteiger partial charge in [-0.1, -0.05) is 12.1 Å². The number of nitrogens with zero attached hydrogens (tertiary/aromatic N) is 2. The number of benzene rings is 1. The second-order valence-corrected chi connectivity index (χ2v) is 3.76. The summed E-state index contributed by atoms with van der Waals surface area (Å²) in [5.74, 6) is -1.05. The summed E-state index contributed by atoms with van der Waals surface area (Å²) in [6.07, 6.45) is 3.38. The van der Waals surface area contributed by atoms with Crippen LogP contribution in [0.1, 0.15) is 17.4 Å². The van der Waals surface area contributed by atoms with Gasteiger partial charge < -0.3 is 9.88 Å². The smallest absolute Gasteiger partial charge is 0.164 e. The van der Waals surface area contributed by atoms with Crippen LogP contribution in [-0.4, -0.2) is 16.6 Å². The molecule has 1 atom stereocenters. The lowest BCUT2D eigenvalue weighted by Crippen LogP contribution is -2.22. The Bertz CT molecular complexity index is 522. The molecule has 0 saturated carbocycles. The molecule has 0 aliphatic carbocycles. The van der Waals surface area contributed by atoms with Gasteiger partial charge in [-0.3, -0.25) is 0 Å². The number of aryl methyl sites for hydroxylation is 1. The molecule has 1 aromatic carbocycles. The normalized spacial score (nSPS) is 12.7. The quantitative estimate of drug-likeness (QED) is 0.885. The molecule has 90 valence electrons. The van der Waals surface area contributed by atoms with Gasteiger partial charge >= 0.3 is 0 Å². The van der Waals surface area contributed by atoms with E-state index in [1.165, 1.54) is 6.07 Å². The van der Waals surface area contributed by atoms with Crippen LogP contribution in [-0.2, 0) is 7.05 Å². The van der Waals surface area contributed by atoms with Crippen molar-refractivity contribution in [1.29, 1.82) is 0 Å². The number of rotatable bonds is 3. The highest BCUT2D eigenvalue weighted by Crippen LogP contribution is 2.23. The minimum absolute atomic E-state index is 0.252. The van der Waals surface area contributed by atoms with Crippen LogP contribution in [0.25, 0.3) is 0 Å². The van der Waals surface area contributed by atoms with Gasteiger partial charge in [0.05, 0.1) is 6.04 Å². The lowest BCUT2D eigenvalue weighted by atomic mass is 10.1. The SMILES string of the molecule is CNC(c1cccc(F)c1F)c1nccn1C. The van der Waals surface area contributed by atoms with E-state index in [2.05, 4.69) is 10.3 Å². The van der Waals surface area contributed by atoms with Crippen LogP contribution in [0.4, 0.5) is 8.78 Å². The third-order valence-electron chi connectivity index (χ3n) is 2.70. The Morgan fingerprint density at radius 2 is 2.12 bits per heavy atom. The average molecular weight is 237 g/mol. The van der Waals surface area contributed by atoms with Gasteiger partial charge in [0.25, 0.3) is 0 Å². The van der Waals surface area contributed by atoms with E-state index >= 15 is 0 Å². The van der Waals surface area contributed by atoms with Crippen molar-refractivity contribution in [2.24, 2.45) is 7.05 Å². The third kappa shape index (κ3) is 2.06. The molecule has 5 heteroatoms. The maximum Gasteiger partial charge on any atom is 0.164 e. The lowest BCUT2D eigenvalue weighted by molar-refractivity contribution is 0.481. The second kappa shape index (κ2) is 4.63. The molecule has 3 nitrogen and oxygen atoms in total. The molecule has 0 fully saturated rings. The highest BCUT2D eigenvalue weighted by molar-refractivity contribution is 5.27. The molecule has 1 N–H and O–H groups in total. The molecule has 1 heterocycles. The van der Waals surface area contributed by atoms with E-state index < -0.39 is 17.7 Å². The molecule has 0 bridgehead atoms. The molecule has 17 heavy (non-hydrogen) atoms. The van der Waals surface area contributed by atoms with E-state index in [9.17, 15) is 8.78 Å². The number of aromatic nitrogens is 2. The summed E-state index contributed by atoms with van der Waals surface area (Å²) in [5, 5.41) is 2.94. The van der Waals surface area contributed by atoms with Crippen molar-refractivity contribution in [2.75, 3.05) is 7.05 Å². The number of halogens is 2. The van der Waals surface area contributed by atoms with Gasteiger partial charge in [-0.15, -0.1) is 0 Å². The summed E-state index contributed by atoms with van der Waals surface area (Å²) in [6, 6.07) is 3.67. The molecular formula is C12H13F2N3. The van der Waals surface area contributed by atoms with Crippen molar-refractivity contribution in [2.45, 2.75) is 6.04 Å². The first-order valence-electron chi connectivity index (χ1n) is 5.23. The van der Waals surface area contributed by atoms with Crippen molar-refractivity contribution in [3.05, 3.63) is 53.6 Å². The fourth-order valence-corrected chi connectivity index (χ4v) is 1.82. The van der Waals surface area contributed by atoms with Gasteiger partial charge in [0, 0.05) is 25.0 Å². The second-order valence-electron chi connectivity index (χ2n) is 3.76. The van der Waals surface area contributed by atoms with Crippen molar-refractivity contribution in [3.8, 4) is 0 Å². The van der Waals surface area contributed by atoms with Crippen LogP contribution in [0.5, 0.6) is 0 Å². The summed E-state index contributed by atoms with van der Waals surface area (Å²) < 4.78 is 28.7. The van der Waals surface area contributed by atoms with E-state index in [1.54, 1.807) is 30.1 Å². The molecule has 0 spiro atoms. The van der Waals surface area contributed by atoms with Crippen LogP contribution >= 0.6 is 0 Å². The zero-order chi connectivity index (χ0) is 12.4. The Morgan fingerprint density at radius 3 is 2.71 bits per heavy atom. The summed E-state index contributed by atoms with van der Waals surface area (Å²) in [4.78, 5) is 4.15. The molecule has 0 saturated heterocycles. The van der Waals surface area contributed by atoms with Crippen molar-refractivity contribution < 1.29 is 8.78 Å². The Labute approximate surface area is 98.1 Å². The van der Waals surface area contributed by atoms with E-state index in [4.69, 9.17) is 0 Å². The monoisotopic (exact) mass is 237 g/mol. The summed E-state index contributed by atoms with van der Waals surface area (Å²) >= 11 is 0. The van der Waals surface area contributed by atoms with Crippen molar-refractivity contribution in [3.63, 3.8) is 0 Å². The number of hydrogen-bond acceptors (Lipinski definition) is 2. The van der Waals surface area contributed by atoms with Gasteiger partial charge in [0.2, 0.25) is 0 Å². The van der Waals surface area contributed by atoms with Crippen LogP contribution < -0.4 is 5.32 Å². The van der Waals surface area contributed by atoms with E-state index in [0.717, 1.165) is 6.07 Å². The van der Waals surface area contributed by atoms with E-state index in [-0.39, 0.29) is 5.56 Å². The van der Waals surface area contributed by atoms with Gasteiger partial charge in [0.1, 0.15) is 5.82 Å². The highest BCUT2D eigenvalue weighted by Gasteiger charge is 2.21. The molecule has 0 amide bonds. The Balaban J connectivity index is 2.50. The third-order valence-corrected chi connectivity index (χ3v) is 2.70. The largest absolute Gasteiger partial charge is 0.336 e. The van der Waals surface area contributed by atoms with Crippen molar-refractivity contribution in [1.82, 2.24) is 14.9 Å². The van der Waals surface area contributed by atoms with Crippen LogP contribution in [0.2, 0.25) is 0 Å². The predicted octanol–water partition coefficient (Wildman–Crippen LogP) is 2.01. The van der Waals surface area contributed by atoms with Gasteiger partial charge in [0.15, 0.2) is 11.6 Å². The van der Waals surface area contributed by atoms with Gasteiger partial charge in [-0.25, -0.2) is 13.8 Å². The van der Waals surface area contributed by atoms with Gasteiger partial charge in [-0.2, -0.15) is 0 Å². The Kier molecular flexibility index (Phi) is 3.19. The summed E-state index contributed by atoms with van der Waals surface area (Å²) in [6.45, 7) is 0. The Hall–Kier alpha value is -1.75. The minimum Gasteiger partial charge on any atom is -0.336 e. The Morgan fingerprint density at radius 1 is 1.35 bits per heavy atom. The predicted molar refractivity (Wildman–Crippen MR) is 60.5 cm³/mol. The number of imidazole rings is 1. The summed E-state index contributed by atoms with van der Waals surface area (Å²) in [7, 11) is 3.49. The van der Waals surface area contributed by atoms with E-state index in [0.29, 0.717) is 5.82 Å². The van der Waals surface area contributed by atoms with Crippen LogP contribution in [0.15, 0.2) is 30.6 Å². The van der Waals surface area contributed by atoms with Gasteiger partial charge in [-0.05, 0) is 13.1 Å². The first-order valence-corrected chi connectivity index (χ1v) is 5.23. The maximum absolute atomic E-state index is 13.7. The standard InChI is InChI=1S/C12H13F2N3/c1-15-11(12-16-6-7-17(12)2)8-4-3-5-9(13)10(8)14/h3-7,11,15H,1-2H3. The fourth-order valence-electron chi connectivity index (χ4n) is 1.82. The first-order chi connectivity index (χ1) is 8.15. The molecule has 2 rings (SSSR count). The van der Waals surface area contributed by atoms with E-state index in [1.807, 2.05) is 7.05 Å². The molecule has 0 radical (unpaired) electrons. The molecule has 1 aromatic heterocycles. The van der Waals surface area contributed by atoms with Crippen LogP contribution in [0, 0.1) is 11.6 Å².